The van der Waals surface area contributed by atoms with E-state index in [1.165, 1.54) is 0 Å². The largest absolute Gasteiger partial charge is 0.396 e. The van der Waals surface area contributed by atoms with Crippen LogP contribution in [0.4, 0.5) is 21.2 Å². The molecule has 4 atom stereocenters. The van der Waals surface area contributed by atoms with Gasteiger partial charge in [-0.1, -0.05) is 48.9 Å². The van der Waals surface area contributed by atoms with Gasteiger partial charge in [-0.15, -0.1) is 0 Å². The van der Waals surface area contributed by atoms with Crippen LogP contribution in [0.5, 0.6) is 0 Å². The summed E-state index contributed by atoms with van der Waals surface area (Å²) in [6.45, 7) is 7.36. The van der Waals surface area contributed by atoms with Crippen LogP contribution in [0.15, 0.2) is 72.8 Å². The van der Waals surface area contributed by atoms with Crippen LogP contribution >= 0.6 is 11.6 Å². The average Bonchev–Trinajstić information content (AvgIpc) is 3.60. The molecule has 0 radical (unpaired) electrons. The van der Waals surface area contributed by atoms with E-state index in [1.807, 2.05) is 60.4 Å². The van der Waals surface area contributed by atoms with Gasteiger partial charge in [-0.25, -0.2) is 0 Å². The first-order valence-electron chi connectivity index (χ1n) is 16.6. The zero-order chi connectivity index (χ0) is 33.1. The topological polar surface area (TPSA) is 85.3 Å². The van der Waals surface area contributed by atoms with Gasteiger partial charge in [0.1, 0.15) is 5.54 Å². The van der Waals surface area contributed by atoms with Gasteiger partial charge in [-0.2, -0.15) is 0 Å². The number of anilines is 3. The van der Waals surface area contributed by atoms with E-state index in [1.54, 1.807) is 30.1 Å². The second kappa shape index (κ2) is 12.0. The second-order valence-electron chi connectivity index (χ2n) is 13.9. The molecule has 4 heterocycles. The number of amides is 2. The van der Waals surface area contributed by atoms with E-state index in [0.29, 0.717) is 22.9 Å². The fraction of sp³-hybridized carbons (Fsp3) is 0.444. The van der Waals surface area contributed by atoms with E-state index in [4.69, 9.17) is 16.3 Å². The quantitative estimate of drug-likeness (QED) is 0.237. The van der Waals surface area contributed by atoms with Crippen molar-refractivity contribution in [1.29, 1.82) is 0 Å². The third-order valence-corrected chi connectivity index (χ3v) is 13.6. The Balaban J connectivity index is 1.18. The van der Waals surface area contributed by atoms with Gasteiger partial charge in [0.2, 0.25) is 8.41 Å². The smallest absolute Gasteiger partial charge is 0.264 e. The second-order valence-corrected chi connectivity index (χ2v) is 18.2. The number of aliphatic hydroxyl groups excluding tert-OH is 1. The lowest BCUT2D eigenvalue weighted by atomic mass is 9.82. The van der Waals surface area contributed by atoms with Crippen molar-refractivity contribution in [3.8, 4) is 0 Å². The summed E-state index contributed by atoms with van der Waals surface area (Å²) in [5, 5.41) is 13.7. The Hall–Kier alpha value is -3.28. The number of nitrogens with one attached hydrogen (secondary N) is 1. The summed E-state index contributed by atoms with van der Waals surface area (Å²) in [6.07, 6.45) is 1.16. The lowest BCUT2D eigenvalue weighted by Gasteiger charge is -2.39. The van der Waals surface area contributed by atoms with Gasteiger partial charge in [0.05, 0.1) is 25.0 Å². The molecule has 248 valence electrons. The molecule has 0 bridgehead atoms. The zero-order valence-electron chi connectivity index (χ0n) is 27.1. The van der Waals surface area contributed by atoms with Gasteiger partial charge in [0.15, 0.2) is 5.60 Å². The SMILES string of the molecule is C[C@@H]1[C@@H]([Si](C)(C)F)[C@H](CCO)O[C@@]12C(=O)N(Cc1ccc(N3CN(c4ccccc4)C4(CCNCC4)C3=O)cc1)c1ccc(Cl)cc12. The van der Waals surface area contributed by atoms with Gasteiger partial charge in [0.25, 0.3) is 11.8 Å². The van der Waals surface area contributed by atoms with Crippen molar-refractivity contribution in [3.05, 3.63) is 88.9 Å². The van der Waals surface area contributed by atoms with E-state index in [-0.39, 0.29) is 31.4 Å². The Morgan fingerprint density at radius 3 is 2.36 bits per heavy atom. The molecule has 4 aliphatic rings. The van der Waals surface area contributed by atoms with Crippen molar-refractivity contribution >= 4 is 48.9 Å². The normalized spacial score (nSPS) is 27.0. The number of rotatable bonds is 7. The van der Waals surface area contributed by atoms with Gasteiger partial charge in [-0.3, -0.25) is 14.5 Å². The molecule has 11 heteroatoms. The summed E-state index contributed by atoms with van der Waals surface area (Å²) in [5.41, 5.74) is 1.63. The molecule has 3 fully saturated rings. The van der Waals surface area contributed by atoms with Crippen molar-refractivity contribution in [3.63, 3.8) is 0 Å². The molecule has 0 aromatic heterocycles. The lowest BCUT2D eigenvalue weighted by molar-refractivity contribution is -0.146. The number of ether oxygens (including phenoxy) is 1. The van der Waals surface area contributed by atoms with E-state index in [2.05, 4.69) is 22.3 Å². The molecule has 2 amide bonds. The minimum Gasteiger partial charge on any atom is -0.396 e. The first kappa shape index (κ1) is 32.3. The predicted octanol–water partition coefficient (Wildman–Crippen LogP) is 5.98. The number of hydrogen-bond acceptors (Lipinski definition) is 6. The third kappa shape index (κ3) is 5.11. The van der Waals surface area contributed by atoms with Gasteiger partial charge in [0, 0.05) is 40.0 Å². The van der Waals surface area contributed by atoms with Crippen LogP contribution in [-0.2, 0) is 26.5 Å². The summed E-state index contributed by atoms with van der Waals surface area (Å²) in [4.78, 5) is 34.5. The number of carbonyl (C=O) groups excluding carboxylic acids is 2. The average molecular weight is 677 g/mol. The van der Waals surface area contributed by atoms with Crippen LogP contribution in [0.3, 0.4) is 0 Å². The number of carbonyl (C=O) groups is 2. The van der Waals surface area contributed by atoms with Gasteiger partial charge in [-0.05, 0) is 93.5 Å². The standard InChI is InChI=1S/C36H42ClFN4O4Si/c1-24-32(47(2,3)38)31(15-20-43)46-36(24)29-21-26(37)11-14-30(29)40(34(36)45)22-25-9-12-27(13-10-25)41-23-42(28-7-5-4-6-8-28)35(33(41)44)16-18-39-19-17-35/h4-14,21,24,31-32,39,43H,15-20,22-23H2,1-3H3/t24-,31+,32-,36+/m1/s1. The maximum absolute atomic E-state index is 15.8. The maximum Gasteiger partial charge on any atom is 0.264 e. The van der Waals surface area contributed by atoms with Crippen LogP contribution in [0.2, 0.25) is 23.7 Å². The van der Waals surface area contributed by atoms with Crippen molar-refractivity contribution in [2.24, 2.45) is 5.92 Å². The van der Waals surface area contributed by atoms with Crippen LogP contribution in [0.25, 0.3) is 0 Å². The van der Waals surface area contributed by atoms with Crippen LogP contribution < -0.4 is 20.0 Å². The first-order valence-corrected chi connectivity index (χ1v) is 19.9. The zero-order valence-corrected chi connectivity index (χ0v) is 28.8. The van der Waals surface area contributed by atoms with E-state index in [9.17, 15) is 14.7 Å². The fourth-order valence-electron chi connectivity index (χ4n) is 8.70. The molecular formula is C36H42ClFN4O4Si. The number of para-hydroxylation sites is 1. The van der Waals surface area contributed by atoms with Crippen LogP contribution in [0, 0.1) is 5.92 Å². The third-order valence-electron chi connectivity index (χ3n) is 10.9. The molecule has 0 aliphatic carbocycles. The monoisotopic (exact) mass is 676 g/mol. The molecule has 8 nitrogen and oxygen atoms in total. The van der Waals surface area contributed by atoms with E-state index in [0.717, 1.165) is 42.9 Å². The summed E-state index contributed by atoms with van der Waals surface area (Å²) in [5.74, 6) is -0.577. The van der Waals surface area contributed by atoms with Gasteiger partial charge < -0.3 is 29.1 Å². The Labute approximate surface area is 281 Å². The van der Waals surface area contributed by atoms with Crippen LogP contribution in [-0.4, -0.2) is 63.3 Å². The van der Waals surface area contributed by atoms with Gasteiger partial charge >= 0.3 is 0 Å². The maximum atomic E-state index is 15.8. The first-order chi connectivity index (χ1) is 22.5. The predicted molar refractivity (Wildman–Crippen MR) is 185 cm³/mol. The molecular weight excluding hydrogens is 635 g/mol. The van der Waals surface area contributed by atoms with Crippen molar-refractivity contribution < 1.29 is 23.5 Å². The fourth-order valence-corrected chi connectivity index (χ4v) is 11.4. The molecule has 7 rings (SSSR count). The van der Waals surface area contributed by atoms with Crippen molar-refractivity contribution in [1.82, 2.24) is 5.32 Å². The number of hydrogen-bond donors (Lipinski definition) is 2. The van der Waals surface area contributed by atoms with E-state index < -0.39 is 37.1 Å². The Kier molecular flexibility index (Phi) is 8.24. The van der Waals surface area contributed by atoms with E-state index >= 15 is 4.11 Å². The number of nitrogens with zero attached hydrogens (tertiary/aromatic N) is 3. The van der Waals surface area contributed by atoms with Crippen molar-refractivity contribution in [2.45, 2.75) is 68.6 Å². The molecule has 0 saturated carbocycles. The highest BCUT2D eigenvalue weighted by Gasteiger charge is 2.66. The molecule has 4 aliphatic heterocycles. The lowest BCUT2D eigenvalue weighted by Crippen LogP contribution is -2.55. The highest BCUT2D eigenvalue weighted by atomic mass is 35.5. The molecule has 2 N–H and O–H groups in total. The summed E-state index contributed by atoms with van der Waals surface area (Å²) < 4.78 is 22.4. The molecule has 0 unspecified atom stereocenters. The summed E-state index contributed by atoms with van der Waals surface area (Å²) in [6, 6.07) is 23.3. The number of fused-ring (bicyclic) bond motifs is 2. The number of benzene rings is 3. The number of piperidine rings is 1. The summed E-state index contributed by atoms with van der Waals surface area (Å²) in [7, 11) is -3.29. The summed E-state index contributed by atoms with van der Waals surface area (Å²) >= 11 is 6.48. The highest BCUT2D eigenvalue weighted by molar-refractivity contribution is 6.72. The number of aliphatic hydroxyl groups is 1. The number of halogens is 2. The molecule has 3 aromatic rings. The van der Waals surface area contributed by atoms with Crippen LogP contribution in [0.1, 0.15) is 37.3 Å². The Morgan fingerprint density at radius 1 is 1.00 bits per heavy atom. The molecule has 3 aromatic carbocycles. The molecule has 47 heavy (non-hydrogen) atoms. The highest BCUT2D eigenvalue weighted by Crippen LogP contribution is 2.60. The minimum absolute atomic E-state index is 0.108. The molecule has 2 spiro atoms. The molecule has 3 saturated heterocycles. The minimum atomic E-state index is -3.29. The van der Waals surface area contributed by atoms with Crippen molar-refractivity contribution in [2.75, 3.05) is 41.1 Å². The Bertz CT molecular complexity index is 1670. The Morgan fingerprint density at radius 2 is 1.70 bits per heavy atom.